The molecule has 9 nitrogen and oxygen atoms in total. The first-order valence-electron chi connectivity index (χ1n) is 10.7. The van der Waals surface area contributed by atoms with Crippen LogP contribution in [0.5, 0.6) is 0 Å². The third-order valence-electron chi connectivity index (χ3n) is 5.40. The summed E-state index contributed by atoms with van der Waals surface area (Å²) in [6.07, 6.45) is -0.284. The molecule has 1 amide bonds. The highest BCUT2D eigenvalue weighted by Crippen LogP contribution is 2.32. The maximum Gasteiger partial charge on any atom is 0.270 e. The Hall–Kier alpha value is -2.96. The highest BCUT2D eigenvalue weighted by Gasteiger charge is 2.24. The maximum atomic E-state index is 13.2. The number of hydrogen-bond donors (Lipinski definition) is 0. The number of carbonyl (C=O) groups is 1. The second-order valence-corrected chi connectivity index (χ2v) is 10.6. The van der Waals surface area contributed by atoms with Gasteiger partial charge in [0.1, 0.15) is 5.82 Å². The third-order valence-corrected chi connectivity index (χ3v) is 8.17. The lowest BCUT2D eigenvalue weighted by Gasteiger charge is -2.24. The number of non-ortho nitro benzene ring substituents is 1. The lowest BCUT2D eigenvalue weighted by atomic mass is 10.3. The fourth-order valence-corrected chi connectivity index (χ4v) is 5.63. The summed E-state index contributed by atoms with van der Waals surface area (Å²) in [6, 6.07) is 8.75. The molecule has 3 rings (SSSR count). The van der Waals surface area contributed by atoms with Crippen LogP contribution >= 0.6 is 11.3 Å². The van der Waals surface area contributed by atoms with E-state index in [-0.39, 0.29) is 17.0 Å². The molecule has 0 N–H and O–H groups in total. The van der Waals surface area contributed by atoms with Gasteiger partial charge < -0.3 is 4.90 Å². The first kappa shape index (κ1) is 25.7. The van der Waals surface area contributed by atoms with Crippen molar-refractivity contribution >= 4 is 48.1 Å². The van der Waals surface area contributed by atoms with Gasteiger partial charge in [0.25, 0.3) is 5.69 Å². The number of sulfone groups is 1. The van der Waals surface area contributed by atoms with Crippen molar-refractivity contribution in [2.45, 2.75) is 25.2 Å². The van der Waals surface area contributed by atoms with Crippen molar-refractivity contribution in [3.63, 3.8) is 0 Å². The van der Waals surface area contributed by atoms with E-state index in [2.05, 4.69) is 9.88 Å². The van der Waals surface area contributed by atoms with Gasteiger partial charge in [0.05, 0.1) is 25.8 Å². The van der Waals surface area contributed by atoms with E-state index in [1.165, 1.54) is 35.2 Å². The van der Waals surface area contributed by atoms with E-state index in [4.69, 9.17) is 0 Å². The van der Waals surface area contributed by atoms with E-state index in [0.717, 1.165) is 36.6 Å². The fraction of sp³-hybridized carbons (Fsp3) is 0.364. The van der Waals surface area contributed by atoms with E-state index in [1.807, 2.05) is 13.8 Å². The number of carbonyl (C=O) groups excluding carboxylic acids is 1. The van der Waals surface area contributed by atoms with Gasteiger partial charge in [0.15, 0.2) is 15.0 Å². The lowest BCUT2D eigenvalue weighted by Crippen LogP contribution is -2.39. The second-order valence-electron chi connectivity index (χ2n) is 7.50. The van der Waals surface area contributed by atoms with Crippen LogP contribution in [0.25, 0.3) is 10.2 Å². The number of aromatic nitrogens is 1. The summed E-state index contributed by atoms with van der Waals surface area (Å²) in [5.74, 6) is -1.41. The molecule has 3 aromatic rings. The molecule has 0 bridgehead atoms. The lowest BCUT2D eigenvalue weighted by molar-refractivity contribution is -0.384. The van der Waals surface area contributed by atoms with E-state index >= 15 is 0 Å². The van der Waals surface area contributed by atoms with Crippen molar-refractivity contribution in [3.05, 3.63) is 58.4 Å². The van der Waals surface area contributed by atoms with Crippen LogP contribution in [0, 0.1) is 15.9 Å². The predicted octanol–water partition coefficient (Wildman–Crippen LogP) is 3.88. The number of anilines is 1. The summed E-state index contributed by atoms with van der Waals surface area (Å²) >= 11 is 1.14. The largest absolute Gasteiger partial charge is 0.302 e. The monoisotopic (exact) mass is 508 g/mol. The molecule has 0 fully saturated rings. The molecule has 2 aromatic carbocycles. The molecule has 0 aliphatic carbocycles. The zero-order valence-corrected chi connectivity index (χ0v) is 20.4. The van der Waals surface area contributed by atoms with Crippen LogP contribution in [-0.2, 0) is 14.6 Å². The van der Waals surface area contributed by atoms with Gasteiger partial charge in [-0.3, -0.25) is 19.8 Å². The minimum absolute atomic E-state index is 0.0521. The van der Waals surface area contributed by atoms with Gasteiger partial charge in [-0.05, 0) is 43.4 Å². The van der Waals surface area contributed by atoms with Crippen molar-refractivity contribution in [2.75, 3.05) is 36.8 Å². The Balaban J connectivity index is 1.84. The van der Waals surface area contributed by atoms with Crippen LogP contribution in [0.3, 0.4) is 0 Å². The molecular weight excluding hydrogens is 483 g/mol. The molecule has 182 valence electrons. The SMILES string of the molecule is CCN(CC)CCN(C(=O)CCS(=O)(=O)c1ccc(F)cc1)c1nc2ccc([N+](=O)[O-])cc2s1. The van der Waals surface area contributed by atoms with Crippen LogP contribution in [0.4, 0.5) is 15.2 Å². The second kappa shape index (κ2) is 11.0. The highest BCUT2D eigenvalue weighted by molar-refractivity contribution is 7.91. The third kappa shape index (κ3) is 6.13. The minimum atomic E-state index is -3.78. The van der Waals surface area contributed by atoms with Crippen LogP contribution in [-0.4, -0.2) is 61.1 Å². The van der Waals surface area contributed by atoms with E-state index in [9.17, 15) is 27.7 Å². The van der Waals surface area contributed by atoms with Crippen LogP contribution in [0.1, 0.15) is 20.3 Å². The molecule has 1 heterocycles. The van der Waals surface area contributed by atoms with Gasteiger partial charge in [-0.2, -0.15) is 0 Å². The number of nitrogens with zero attached hydrogens (tertiary/aromatic N) is 4. The first-order valence-corrected chi connectivity index (χ1v) is 13.2. The Labute approximate surface area is 200 Å². The van der Waals surface area contributed by atoms with Crippen molar-refractivity contribution in [2.24, 2.45) is 0 Å². The van der Waals surface area contributed by atoms with Gasteiger partial charge in [-0.25, -0.2) is 17.8 Å². The number of thiazole rings is 1. The Morgan fingerprint density at radius 1 is 1.12 bits per heavy atom. The van der Waals surface area contributed by atoms with Crippen molar-refractivity contribution in [3.8, 4) is 0 Å². The Morgan fingerprint density at radius 2 is 1.79 bits per heavy atom. The van der Waals surface area contributed by atoms with Gasteiger partial charge >= 0.3 is 0 Å². The number of nitro benzene ring substituents is 1. The Bertz CT molecular complexity index is 1270. The quantitative estimate of drug-likeness (QED) is 0.219. The smallest absolute Gasteiger partial charge is 0.270 e. The molecule has 0 saturated carbocycles. The summed E-state index contributed by atoms with van der Waals surface area (Å²) in [6.45, 7) is 6.41. The molecule has 0 aliphatic rings. The molecule has 1 aromatic heterocycles. The Kier molecular flexibility index (Phi) is 8.28. The number of benzene rings is 2. The summed E-state index contributed by atoms with van der Waals surface area (Å²) in [5.41, 5.74) is 0.444. The summed E-state index contributed by atoms with van der Waals surface area (Å²) in [5, 5.41) is 11.4. The minimum Gasteiger partial charge on any atom is -0.302 e. The molecule has 0 spiro atoms. The number of halogens is 1. The molecule has 34 heavy (non-hydrogen) atoms. The average molecular weight is 509 g/mol. The van der Waals surface area contributed by atoms with Crippen molar-refractivity contribution in [1.82, 2.24) is 9.88 Å². The van der Waals surface area contributed by atoms with Gasteiger partial charge in [-0.1, -0.05) is 25.2 Å². The van der Waals surface area contributed by atoms with Crippen LogP contribution < -0.4 is 4.90 Å². The normalized spacial score (nSPS) is 11.8. The van der Waals surface area contributed by atoms with Crippen LogP contribution in [0.2, 0.25) is 0 Å². The van der Waals surface area contributed by atoms with E-state index in [0.29, 0.717) is 28.4 Å². The number of fused-ring (bicyclic) bond motifs is 1. The molecule has 12 heteroatoms. The van der Waals surface area contributed by atoms with Crippen LogP contribution in [0.15, 0.2) is 47.4 Å². The Morgan fingerprint density at radius 3 is 2.41 bits per heavy atom. The zero-order chi connectivity index (χ0) is 24.9. The highest BCUT2D eigenvalue weighted by atomic mass is 32.2. The fourth-order valence-electron chi connectivity index (χ4n) is 3.35. The molecule has 0 aliphatic heterocycles. The number of hydrogen-bond acceptors (Lipinski definition) is 8. The van der Waals surface area contributed by atoms with E-state index in [1.54, 1.807) is 0 Å². The summed E-state index contributed by atoms with van der Waals surface area (Å²) < 4.78 is 39.0. The molecule has 0 saturated heterocycles. The topological polar surface area (TPSA) is 114 Å². The van der Waals surface area contributed by atoms with Crippen molar-refractivity contribution in [1.29, 1.82) is 0 Å². The average Bonchev–Trinajstić information content (AvgIpc) is 3.23. The predicted molar refractivity (Wildman–Crippen MR) is 129 cm³/mol. The van der Waals surface area contributed by atoms with Gasteiger partial charge in [-0.15, -0.1) is 0 Å². The number of rotatable bonds is 11. The summed E-state index contributed by atoms with van der Waals surface area (Å²) in [7, 11) is -3.78. The number of nitro groups is 1. The van der Waals surface area contributed by atoms with Crippen molar-refractivity contribution < 1.29 is 22.5 Å². The molecule has 0 atom stereocenters. The number of amides is 1. The zero-order valence-electron chi connectivity index (χ0n) is 18.8. The first-order chi connectivity index (χ1) is 16.1. The van der Waals surface area contributed by atoms with Gasteiger partial charge in [0, 0.05) is 31.6 Å². The number of likely N-dealkylation sites (N-methyl/N-ethyl adjacent to an activating group) is 1. The molecular formula is C22H25FN4O5S2. The maximum absolute atomic E-state index is 13.2. The van der Waals surface area contributed by atoms with E-state index < -0.39 is 32.2 Å². The summed E-state index contributed by atoms with van der Waals surface area (Å²) in [4.78, 5) is 31.7. The van der Waals surface area contributed by atoms with Gasteiger partial charge in [0.2, 0.25) is 5.91 Å². The molecule has 0 unspecified atom stereocenters. The standard InChI is InChI=1S/C22H25FN4O5S2/c1-3-25(4-2)12-13-26(22-24-19-10-7-17(27(29)30)15-20(19)33-22)21(28)11-14-34(31,32)18-8-5-16(23)6-9-18/h5-10,15H,3-4,11-14H2,1-2H3. The molecule has 0 radical (unpaired) electrons.